The van der Waals surface area contributed by atoms with Crippen molar-refractivity contribution < 1.29 is 19.4 Å². The fraction of sp³-hybridized carbons (Fsp3) is 0.435. The predicted molar refractivity (Wildman–Crippen MR) is 122 cm³/mol. The summed E-state index contributed by atoms with van der Waals surface area (Å²) in [6.07, 6.45) is 0.211. The second kappa shape index (κ2) is 8.41. The van der Waals surface area contributed by atoms with Gasteiger partial charge in [-0.05, 0) is 57.9 Å². The molecule has 1 fully saturated rings. The summed E-state index contributed by atoms with van der Waals surface area (Å²) in [4.78, 5) is 16.3. The molecular weight excluding hydrogens is 439 g/mol. The number of fused-ring (bicyclic) bond motifs is 2. The maximum Gasteiger partial charge on any atom is 0.410 e. The Morgan fingerprint density at radius 2 is 1.68 bits per heavy atom. The molecule has 1 saturated heterocycles. The highest BCUT2D eigenvalue weighted by Gasteiger charge is 2.38. The minimum Gasteiger partial charge on any atom is -0.453 e. The summed E-state index contributed by atoms with van der Waals surface area (Å²) in [5.41, 5.74) is 1.04. The topological polar surface area (TPSA) is 62.2 Å². The highest BCUT2D eigenvalue weighted by atomic mass is 35.5. The van der Waals surface area contributed by atoms with Crippen LogP contribution in [0.4, 0.5) is 16.2 Å². The second-order valence-electron chi connectivity index (χ2n) is 8.90. The van der Waals surface area contributed by atoms with Gasteiger partial charge in [0, 0.05) is 28.7 Å². The van der Waals surface area contributed by atoms with Crippen LogP contribution < -0.4 is 9.64 Å². The predicted octanol–water partition coefficient (Wildman–Crippen LogP) is 6.00. The third-order valence-corrected chi connectivity index (χ3v) is 5.82. The molecular formula is C23H26Cl2N2O4. The molecule has 2 atom stereocenters. The normalized spacial score (nSPS) is 21.0. The van der Waals surface area contributed by atoms with E-state index in [9.17, 15) is 9.90 Å². The van der Waals surface area contributed by atoms with Crippen LogP contribution in [0.1, 0.15) is 33.6 Å². The number of carbonyl (C=O) groups is 1. The Morgan fingerprint density at radius 3 is 2.23 bits per heavy atom. The van der Waals surface area contributed by atoms with Crippen molar-refractivity contribution in [1.82, 2.24) is 4.90 Å². The van der Waals surface area contributed by atoms with Gasteiger partial charge in [-0.15, -0.1) is 0 Å². The van der Waals surface area contributed by atoms with Gasteiger partial charge in [0.05, 0.1) is 30.1 Å². The quantitative estimate of drug-likeness (QED) is 0.560. The number of likely N-dealkylation sites (tertiary alicyclic amines) is 1. The van der Waals surface area contributed by atoms with E-state index in [1.807, 2.05) is 32.9 Å². The second-order valence-corrected chi connectivity index (χ2v) is 9.77. The summed E-state index contributed by atoms with van der Waals surface area (Å²) in [6.45, 7) is 6.20. The van der Waals surface area contributed by atoms with E-state index >= 15 is 0 Å². The molecule has 0 aliphatic carbocycles. The van der Waals surface area contributed by atoms with E-state index in [0.717, 1.165) is 17.8 Å². The summed E-state index contributed by atoms with van der Waals surface area (Å²) < 4.78 is 11.6. The third-order valence-electron chi connectivity index (χ3n) is 5.35. The SMILES string of the molecule is CC(C)(C)OC(=O)N1CCC[C@@H](N2c3ccc(Cl)cc3Oc3cc(Cl)ccc32)[C@H](O)C1. The first-order valence-corrected chi connectivity index (χ1v) is 11.1. The fourth-order valence-electron chi connectivity index (χ4n) is 4.06. The van der Waals surface area contributed by atoms with E-state index in [0.29, 0.717) is 34.5 Å². The number of halogens is 2. The molecule has 0 aromatic heterocycles. The standard InChI is InChI=1S/C23H26Cl2N2O4/c1-23(2,3)31-22(29)26-10-4-5-16(19(28)13-26)27-17-8-6-14(24)11-20(17)30-21-12-15(25)7-9-18(21)27/h6-9,11-12,16,19,28H,4-5,10,13H2,1-3H3/t16-,19-/m1/s1. The number of nitrogens with zero attached hydrogens (tertiary/aromatic N) is 2. The van der Waals surface area contributed by atoms with Gasteiger partial charge >= 0.3 is 6.09 Å². The molecule has 2 aliphatic heterocycles. The smallest absolute Gasteiger partial charge is 0.410 e. The van der Waals surface area contributed by atoms with Crippen LogP contribution in [0.15, 0.2) is 36.4 Å². The van der Waals surface area contributed by atoms with Gasteiger partial charge in [0.15, 0.2) is 11.5 Å². The summed E-state index contributed by atoms with van der Waals surface area (Å²) >= 11 is 12.4. The van der Waals surface area contributed by atoms with E-state index in [1.165, 1.54) is 0 Å². The van der Waals surface area contributed by atoms with Crippen LogP contribution in [-0.2, 0) is 4.74 Å². The zero-order valence-corrected chi connectivity index (χ0v) is 19.3. The van der Waals surface area contributed by atoms with Crippen LogP contribution in [-0.4, -0.2) is 46.9 Å². The molecule has 0 saturated carbocycles. The van der Waals surface area contributed by atoms with Crippen molar-refractivity contribution in [3.05, 3.63) is 46.4 Å². The van der Waals surface area contributed by atoms with Gasteiger partial charge in [-0.3, -0.25) is 0 Å². The van der Waals surface area contributed by atoms with Gasteiger partial charge in [0.2, 0.25) is 0 Å². The molecule has 1 amide bonds. The Morgan fingerprint density at radius 1 is 1.10 bits per heavy atom. The van der Waals surface area contributed by atoms with E-state index < -0.39 is 17.8 Å². The number of aliphatic hydroxyl groups excluding tert-OH is 1. The molecule has 2 heterocycles. The van der Waals surface area contributed by atoms with Gasteiger partial charge in [0.1, 0.15) is 5.60 Å². The van der Waals surface area contributed by atoms with Crippen LogP contribution in [0, 0.1) is 0 Å². The highest BCUT2D eigenvalue weighted by molar-refractivity contribution is 6.31. The lowest BCUT2D eigenvalue weighted by Gasteiger charge is -2.40. The number of carbonyl (C=O) groups excluding carboxylic acids is 1. The number of anilines is 2. The van der Waals surface area contributed by atoms with Gasteiger partial charge in [-0.25, -0.2) is 4.79 Å². The first-order chi connectivity index (χ1) is 14.6. The van der Waals surface area contributed by atoms with Gasteiger partial charge in [-0.1, -0.05) is 23.2 Å². The number of hydrogen-bond acceptors (Lipinski definition) is 5. The van der Waals surface area contributed by atoms with Crippen molar-refractivity contribution in [3.63, 3.8) is 0 Å². The fourth-order valence-corrected chi connectivity index (χ4v) is 4.38. The molecule has 2 aromatic carbocycles. The summed E-state index contributed by atoms with van der Waals surface area (Å²) in [6, 6.07) is 10.6. The first kappa shape index (κ1) is 22.1. The van der Waals surface area contributed by atoms with Gasteiger partial charge in [-0.2, -0.15) is 0 Å². The Kier molecular flexibility index (Phi) is 5.99. The molecule has 31 heavy (non-hydrogen) atoms. The van der Waals surface area contributed by atoms with Crippen LogP contribution in [0.3, 0.4) is 0 Å². The number of benzene rings is 2. The summed E-state index contributed by atoms with van der Waals surface area (Å²) in [7, 11) is 0. The Balaban J connectivity index is 1.67. The van der Waals surface area contributed by atoms with Crippen LogP contribution in [0.25, 0.3) is 0 Å². The van der Waals surface area contributed by atoms with E-state index in [2.05, 4.69) is 4.90 Å². The minimum atomic E-state index is -0.792. The van der Waals surface area contributed by atoms with Crippen molar-refractivity contribution in [1.29, 1.82) is 0 Å². The number of ether oxygens (including phenoxy) is 2. The maximum atomic E-state index is 12.6. The van der Waals surface area contributed by atoms with Crippen LogP contribution >= 0.6 is 23.2 Å². The molecule has 0 spiro atoms. The summed E-state index contributed by atoms with van der Waals surface area (Å²) in [5, 5.41) is 12.3. The van der Waals surface area contributed by atoms with E-state index in [-0.39, 0.29) is 12.6 Å². The monoisotopic (exact) mass is 464 g/mol. The van der Waals surface area contributed by atoms with Crippen molar-refractivity contribution >= 4 is 40.7 Å². The number of β-amino-alcohol motifs (C(OH)–C–C–N with tert-alkyl or cyclic N) is 1. The Labute approximate surface area is 192 Å². The lowest BCUT2D eigenvalue weighted by Crippen LogP contribution is -2.47. The molecule has 166 valence electrons. The minimum absolute atomic E-state index is 0.183. The Bertz CT molecular complexity index is 941. The molecule has 6 nitrogen and oxygen atoms in total. The molecule has 2 aliphatic rings. The number of rotatable bonds is 1. The lowest BCUT2D eigenvalue weighted by molar-refractivity contribution is 0.0162. The molecule has 0 unspecified atom stereocenters. The molecule has 2 aromatic rings. The van der Waals surface area contributed by atoms with Crippen molar-refractivity contribution in [3.8, 4) is 11.5 Å². The lowest BCUT2D eigenvalue weighted by atomic mass is 10.0. The molecule has 8 heteroatoms. The van der Waals surface area contributed by atoms with Gasteiger partial charge in [0.25, 0.3) is 0 Å². The molecule has 4 rings (SSSR count). The molecule has 0 radical (unpaired) electrons. The van der Waals surface area contributed by atoms with E-state index in [4.69, 9.17) is 32.7 Å². The Hall–Kier alpha value is -2.15. The van der Waals surface area contributed by atoms with Crippen molar-refractivity contribution in [2.45, 2.75) is 51.4 Å². The first-order valence-electron chi connectivity index (χ1n) is 10.3. The average Bonchev–Trinajstić information content (AvgIpc) is 2.86. The maximum absolute atomic E-state index is 12.6. The summed E-state index contributed by atoms with van der Waals surface area (Å²) in [5.74, 6) is 1.20. The number of amides is 1. The number of aliphatic hydroxyl groups is 1. The van der Waals surface area contributed by atoms with Crippen LogP contribution in [0.5, 0.6) is 11.5 Å². The van der Waals surface area contributed by atoms with Crippen molar-refractivity contribution in [2.75, 3.05) is 18.0 Å². The molecule has 0 bridgehead atoms. The third kappa shape index (κ3) is 4.71. The van der Waals surface area contributed by atoms with Gasteiger partial charge < -0.3 is 24.4 Å². The largest absolute Gasteiger partial charge is 0.453 e. The zero-order valence-electron chi connectivity index (χ0n) is 17.8. The highest BCUT2D eigenvalue weighted by Crippen LogP contribution is 2.50. The molecule has 1 N–H and O–H groups in total. The van der Waals surface area contributed by atoms with Crippen LogP contribution in [0.2, 0.25) is 10.0 Å². The van der Waals surface area contributed by atoms with Crippen molar-refractivity contribution in [2.24, 2.45) is 0 Å². The zero-order chi connectivity index (χ0) is 22.3. The van der Waals surface area contributed by atoms with E-state index in [1.54, 1.807) is 29.2 Å². The average molecular weight is 465 g/mol. The number of hydrogen-bond donors (Lipinski definition) is 1.